The van der Waals surface area contributed by atoms with Gasteiger partial charge in [-0.25, -0.2) is 0 Å². The molecule has 3 rings (SSSR count). The number of benzene rings is 1. The maximum Gasteiger partial charge on any atom is 0.0158 e. The van der Waals surface area contributed by atoms with Gasteiger partial charge in [-0.2, -0.15) is 0 Å². The Morgan fingerprint density at radius 3 is 2.65 bits per heavy atom. The summed E-state index contributed by atoms with van der Waals surface area (Å²) in [5.41, 5.74) is 4.33. The first-order valence-corrected chi connectivity index (χ1v) is 6.15. The van der Waals surface area contributed by atoms with Crippen molar-refractivity contribution in [2.75, 3.05) is 0 Å². The van der Waals surface area contributed by atoms with Gasteiger partial charge in [0.25, 0.3) is 0 Å². The monoisotopic (exact) mass is 220 g/mol. The summed E-state index contributed by atoms with van der Waals surface area (Å²) in [6.45, 7) is 3.87. The summed E-state index contributed by atoms with van der Waals surface area (Å²) in [6, 6.07) is 8.72. The van der Waals surface area contributed by atoms with Crippen LogP contribution in [-0.4, -0.2) is 0 Å². The Morgan fingerprint density at radius 1 is 1.12 bits per heavy atom. The van der Waals surface area contributed by atoms with E-state index in [1.54, 1.807) is 0 Å². The smallest absolute Gasteiger partial charge is 0.0158 e. The zero-order valence-electron chi connectivity index (χ0n) is 9.84. The van der Waals surface area contributed by atoms with E-state index in [0.29, 0.717) is 11.8 Å². The zero-order chi connectivity index (χ0) is 11.7. The molecule has 84 valence electrons. The molecule has 0 heterocycles. The zero-order valence-corrected chi connectivity index (χ0v) is 9.84. The second-order valence-electron chi connectivity index (χ2n) is 4.67. The van der Waals surface area contributed by atoms with Crippen molar-refractivity contribution in [2.24, 2.45) is 5.92 Å². The standard InChI is InChI=1S/C17H16/c1-2-7-15-12-14-10-5-6-11-16(14)17(15)13-8-3-4-9-13/h2-6,8-13,17H,1,7H2. The minimum absolute atomic E-state index is 0.513. The van der Waals surface area contributed by atoms with Gasteiger partial charge >= 0.3 is 0 Å². The lowest BCUT2D eigenvalue weighted by Crippen LogP contribution is -2.07. The summed E-state index contributed by atoms with van der Waals surface area (Å²) in [7, 11) is 0. The molecule has 1 atom stereocenters. The van der Waals surface area contributed by atoms with Crippen LogP contribution in [0.2, 0.25) is 0 Å². The van der Waals surface area contributed by atoms with Crippen LogP contribution in [0.5, 0.6) is 0 Å². The topological polar surface area (TPSA) is 0 Å². The van der Waals surface area contributed by atoms with E-state index >= 15 is 0 Å². The molecule has 2 aliphatic carbocycles. The second kappa shape index (κ2) is 4.21. The molecule has 0 amide bonds. The van der Waals surface area contributed by atoms with Crippen molar-refractivity contribution in [2.45, 2.75) is 12.3 Å². The predicted molar refractivity (Wildman–Crippen MR) is 73.7 cm³/mol. The normalized spacial score (nSPS) is 21.6. The maximum absolute atomic E-state index is 3.87. The molecule has 0 fully saturated rings. The molecule has 2 aliphatic rings. The molecule has 0 aliphatic heterocycles. The summed E-state index contributed by atoms with van der Waals surface area (Å²) in [5.74, 6) is 1.03. The quantitative estimate of drug-likeness (QED) is 0.658. The molecule has 1 aromatic carbocycles. The molecule has 0 saturated heterocycles. The molecule has 0 N–H and O–H groups in total. The highest BCUT2D eigenvalue weighted by Crippen LogP contribution is 2.44. The van der Waals surface area contributed by atoms with Crippen LogP contribution in [-0.2, 0) is 0 Å². The molecule has 1 aromatic rings. The molecule has 0 radical (unpaired) electrons. The van der Waals surface area contributed by atoms with Crippen molar-refractivity contribution in [3.05, 3.63) is 77.9 Å². The highest BCUT2D eigenvalue weighted by molar-refractivity contribution is 5.67. The Hall–Kier alpha value is -1.82. The summed E-state index contributed by atoms with van der Waals surface area (Å²) < 4.78 is 0. The van der Waals surface area contributed by atoms with Crippen LogP contribution in [0.15, 0.2) is 66.8 Å². The van der Waals surface area contributed by atoms with Gasteiger partial charge in [-0.15, -0.1) is 6.58 Å². The van der Waals surface area contributed by atoms with E-state index in [1.807, 2.05) is 6.08 Å². The fourth-order valence-corrected chi connectivity index (χ4v) is 2.89. The van der Waals surface area contributed by atoms with E-state index in [-0.39, 0.29) is 0 Å². The second-order valence-corrected chi connectivity index (χ2v) is 4.67. The highest BCUT2D eigenvalue weighted by Gasteiger charge is 2.29. The van der Waals surface area contributed by atoms with Crippen molar-refractivity contribution in [1.82, 2.24) is 0 Å². The third-order valence-electron chi connectivity index (χ3n) is 3.61. The SMILES string of the molecule is C=CCC1=Cc2ccccc2C1C1C=CC=C1. The summed E-state index contributed by atoms with van der Waals surface area (Å²) in [5, 5.41) is 0. The van der Waals surface area contributed by atoms with E-state index in [1.165, 1.54) is 16.7 Å². The molecular formula is C17H16. The summed E-state index contributed by atoms with van der Waals surface area (Å²) >= 11 is 0. The summed E-state index contributed by atoms with van der Waals surface area (Å²) in [6.07, 6.45) is 14.2. The average molecular weight is 220 g/mol. The fraction of sp³-hybridized carbons (Fsp3) is 0.176. The molecule has 0 saturated carbocycles. The first-order chi connectivity index (χ1) is 8.40. The number of hydrogen-bond acceptors (Lipinski definition) is 0. The lowest BCUT2D eigenvalue weighted by molar-refractivity contribution is 0.680. The Bertz CT molecular complexity index is 517. The molecule has 1 unspecified atom stereocenters. The van der Waals surface area contributed by atoms with Gasteiger partial charge in [0.1, 0.15) is 0 Å². The van der Waals surface area contributed by atoms with E-state index in [2.05, 4.69) is 61.2 Å². The van der Waals surface area contributed by atoms with Crippen LogP contribution in [0.3, 0.4) is 0 Å². The lowest BCUT2D eigenvalue weighted by Gasteiger charge is -2.20. The number of hydrogen-bond donors (Lipinski definition) is 0. The molecule has 0 bridgehead atoms. The van der Waals surface area contributed by atoms with Crippen LogP contribution in [0.25, 0.3) is 6.08 Å². The molecule has 0 spiro atoms. The van der Waals surface area contributed by atoms with Crippen LogP contribution < -0.4 is 0 Å². The van der Waals surface area contributed by atoms with Gasteiger partial charge in [0, 0.05) is 11.8 Å². The fourth-order valence-electron chi connectivity index (χ4n) is 2.89. The van der Waals surface area contributed by atoms with E-state index < -0.39 is 0 Å². The van der Waals surface area contributed by atoms with Gasteiger partial charge < -0.3 is 0 Å². The average Bonchev–Trinajstić information content (AvgIpc) is 2.94. The maximum atomic E-state index is 3.87. The molecular weight excluding hydrogens is 204 g/mol. The Kier molecular flexibility index (Phi) is 2.56. The van der Waals surface area contributed by atoms with Gasteiger partial charge in [-0.3, -0.25) is 0 Å². The Morgan fingerprint density at radius 2 is 1.88 bits per heavy atom. The van der Waals surface area contributed by atoms with E-state index in [4.69, 9.17) is 0 Å². The molecule has 0 nitrogen and oxygen atoms in total. The van der Waals surface area contributed by atoms with Crippen LogP contribution >= 0.6 is 0 Å². The largest absolute Gasteiger partial charge is 0.103 e. The minimum atomic E-state index is 0.513. The van der Waals surface area contributed by atoms with Crippen LogP contribution in [0.4, 0.5) is 0 Å². The van der Waals surface area contributed by atoms with Gasteiger partial charge in [-0.1, -0.05) is 66.3 Å². The molecule has 17 heavy (non-hydrogen) atoms. The number of rotatable bonds is 3. The van der Waals surface area contributed by atoms with Crippen molar-refractivity contribution in [3.8, 4) is 0 Å². The number of allylic oxidation sites excluding steroid dienone is 6. The first kappa shape index (κ1) is 10.3. The van der Waals surface area contributed by atoms with Gasteiger partial charge in [0.2, 0.25) is 0 Å². The molecule has 0 aromatic heterocycles. The van der Waals surface area contributed by atoms with Gasteiger partial charge in [0.05, 0.1) is 0 Å². The Balaban J connectivity index is 2.04. The van der Waals surface area contributed by atoms with Crippen LogP contribution in [0, 0.1) is 5.92 Å². The Labute approximate surface area is 103 Å². The third-order valence-corrected chi connectivity index (χ3v) is 3.61. The van der Waals surface area contributed by atoms with E-state index in [0.717, 1.165) is 6.42 Å². The molecule has 0 heteroatoms. The van der Waals surface area contributed by atoms with Crippen molar-refractivity contribution >= 4 is 6.08 Å². The highest BCUT2D eigenvalue weighted by atomic mass is 14.3. The van der Waals surface area contributed by atoms with Crippen molar-refractivity contribution in [1.29, 1.82) is 0 Å². The van der Waals surface area contributed by atoms with Gasteiger partial charge in [-0.05, 0) is 17.5 Å². The first-order valence-electron chi connectivity index (χ1n) is 6.15. The third kappa shape index (κ3) is 1.70. The minimum Gasteiger partial charge on any atom is -0.103 e. The van der Waals surface area contributed by atoms with E-state index in [9.17, 15) is 0 Å². The lowest BCUT2D eigenvalue weighted by atomic mass is 9.83. The predicted octanol–water partition coefficient (Wildman–Crippen LogP) is 4.49. The van der Waals surface area contributed by atoms with Crippen LogP contribution in [0.1, 0.15) is 23.5 Å². The number of fused-ring (bicyclic) bond motifs is 1. The summed E-state index contributed by atoms with van der Waals surface area (Å²) in [4.78, 5) is 0. The van der Waals surface area contributed by atoms with Crippen molar-refractivity contribution in [3.63, 3.8) is 0 Å². The van der Waals surface area contributed by atoms with Crippen molar-refractivity contribution < 1.29 is 0 Å². The van der Waals surface area contributed by atoms with Gasteiger partial charge in [0.15, 0.2) is 0 Å².